The van der Waals surface area contributed by atoms with Crippen LogP contribution in [0.25, 0.3) is 0 Å². The molecule has 0 spiro atoms. The minimum atomic E-state index is -0.445. The van der Waals surface area contributed by atoms with E-state index >= 15 is 0 Å². The highest BCUT2D eigenvalue weighted by Crippen LogP contribution is 2.62. The molecule has 28 heavy (non-hydrogen) atoms. The molecule has 150 valence electrons. The quantitative estimate of drug-likeness (QED) is 0.711. The van der Waals surface area contributed by atoms with Crippen LogP contribution in [-0.2, 0) is 16.0 Å². The summed E-state index contributed by atoms with van der Waals surface area (Å²) >= 11 is 6.02. The van der Waals surface area contributed by atoms with Gasteiger partial charge in [0.05, 0.1) is 0 Å². The number of hydrogen-bond acceptors (Lipinski definition) is 3. The van der Waals surface area contributed by atoms with Crippen LogP contribution in [0.4, 0.5) is 4.79 Å². The molecule has 4 fully saturated rings. The molecule has 1 aromatic carbocycles. The van der Waals surface area contributed by atoms with Crippen molar-refractivity contribution in [1.29, 1.82) is 0 Å². The molecule has 1 heterocycles. The number of carbonyl (C=O) groups is 3. The maximum Gasteiger partial charge on any atom is 0.333 e. The van der Waals surface area contributed by atoms with E-state index in [2.05, 4.69) is 20.8 Å². The molecule has 3 saturated carbocycles. The predicted molar refractivity (Wildman–Crippen MR) is 107 cm³/mol. The number of benzene rings is 1. The Hall–Kier alpha value is -1.88. The Balaban J connectivity index is 1.50. The van der Waals surface area contributed by atoms with Crippen molar-refractivity contribution in [2.75, 3.05) is 6.54 Å². The Kier molecular flexibility index (Phi) is 4.77. The molecular formula is C22H27ClN2O3. The lowest BCUT2D eigenvalue weighted by Gasteiger charge is -2.63. The molecule has 1 aromatic rings. The van der Waals surface area contributed by atoms with Gasteiger partial charge in [0.2, 0.25) is 11.8 Å². The van der Waals surface area contributed by atoms with E-state index in [1.807, 2.05) is 18.2 Å². The molecular weight excluding hydrogens is 376 g/mol. The first-order valence-corrected chi connectivity index (χ1v) is 10.5. The first-order valence-electron chi connectivity index (χ1n) is 10.1. The third-order valence-corrected chi connectivity index (χ3v) is 7.70. The average molecular weight is 403 g/mol. The van der Waals surface area contributed by atoms with E-state index in [4.69, 9.17) is 11.6 Å². The zero-order chi connectivity index (χ0) is 20.2. The molecule has 4 atom stereocenters. The number of halogens is 1. The maximum atomic E-state index is 13.1. The van der Waals surface area contributed by atoms with Crippen molar-refractivity contribution in [2.45, 2.75) is 52.5 Å². The number of rotatable bonds is 4. The van der Waals surface area contributed by atoms with E-state index in [-0.39, 0.29) is 36.2 Å². The molecule has 1 saturated heterocycles. The smallest absolute Gasteiger partial charge is 0.274 e. The maximum absolute atomic E-state index is 13.1. The fourth-order valence-electron chi connectivity index (χ4n) is 5.60. The van der Waals surface area contributed by atoms with Gasteiger partial charge in [0.15, 0.2) is 0 Å². The summed E-state index contributed by atoms with van der Waals surface area (Å²) in [6.45, 7) is 7.00. The molecule has 5 nitrogen and oxygen atoms in total. The number of fused-ring (bicyclic) bond motifs is 2. The lowest BCUT2D eigenvalue weighted by molar-refractivity contribution is -0.159. The highest BCUT2D eigenvalue weighted by atomic mass is 35.5. The standard InChI is InChI=1S/C22H27ClN2O3/c1-13-17-10-15(22(17,2)3)11-18(13)25-20(27)12-19(26)24(21(25)28)8-7-14-5-4-6-16(23)9-14/h4-6,9,13,15,17-18H,7-8,10-12H2,1-3H3/t13-,15+,17-,18-/m0/s1. The van der Waals surface area contributed by atoms with Crippen LogP contribution < -0.4 is 0 Å². The van der Waals surface area contributed by atoms with Crippen LogP contribution in [0.3, 0.4) is 0 Å². The minimum Gasteiger partial charge on any atom is -0.274 e. The van der Waals surface area contributed by atoms with Crippen LogP contribution in [0.1, 0.15) is 45.6 Å². The van der Waals surface area contributed by atoms with Crippen LogP contribution in [0.5, 0.6) is 0 Å². The molecule has 6 heteroatoms. The molecule has 0 radical (unpaired) electrons. The van der Waals surface area contributed by atoms with Crippen molar-refractivity contribution in [3.05, 3.63) is 34.9 Å². The summed E-state index contributed by atoms with van der Waals surface area (Å²) in [7, 11) is 0. The zero-order valence-electron chi connectivity index (χ0n) is 16.7. The molecule has 1 aliphatic heterocycles. The van der Waals surface area contributed by atoms with Crippen molar-refractivity contribution >= 4 is 29.4 Å². The summed E-state index contributed by atoms with van der Waals surface area (Å²) in [4.78, 5) is 40.9. The van der Waals surface area contributed by atoms with Gasteiger partial charge in [-0.3, -0.25) is 19.4 Å². The van der Waals surface area contributed by atoms with Crippen molar-refractivity contribution < 1.29 is 14.4 Å². The van der Waals surface area contributed by atoms with E-state index in [1.54, 1.807) is 6.07 Å². The molecule has 4 amide bonds. The molecule has 5 rings (SSSR count). The fourth-order valence-corrected chi connectivity index (χ4v) is 5.81. The van der Waals surface area contributed by atoms with Gasteiger partial charge < -0.3 is 0 Å². The number of hydrogen-bond donors (Lipinski definition) is 0. The van der Waals surface area contributed by atoms with E-state index in [0.717, 1.165) is 12.0 Å². The number of nitrogens with zero attached hydrogens (tertiary/aromatic N) is 2. The van der Waals surface area contributed by atoms with Gasteiger partial charge in [-0.2, -0.15) is 0 Å². The summed E-state index contributed by atoms with van der Waals surface area (Å²) in [5.74, 6) is 0.578. The van der Waals surface area contributed by atoms with E-state index in [0.29, 0.717) is 23.3 Å². The lowest BCUT2D eigenvalue weighted by Crippen LogP contribution is -2.66. The molecule has 0 unspecified atom stereocenters. The van der Waals surface area contributed by atoms with Crippen molar-refractivity contribution in [1.82, 2.24) is 9.80 Å². The highest BCUT2D eigenvalue weighted by molar-refractivity contribution is 6.30. The Labute approximate surface area is 171 Å². The molecule has 0 aromatic heterocycles. The van der Waals surface area contributed by atoms with Gasteiger partial charge in [-0.25, -0.2) is 4.79 Å². The predicted octanol–water partition coefficient (Wildman–Crippen LogP) is 4.13. The number of carbonyl (C=O) groups excluding carboxylic acids is 3. The van der Waals surface area contributed by atoms with Gasteiger partial charge in [0, 0.05) is 17.6 Å². The van der Waals surface area contributed by atoms with Gasteiger partial charge in [-0.05, 0) is 60.1 Å². The second-order valence-corrected chi connectivity index (χ2v) is 9.61. The van der Waals surface area contributed by atoms with Crippen LogP contribution in [0, 0.1) is 23.2 Å². The fraction of sp³-hybridized carbons (Fsp3) is 0.591. The lowest BCUT2D eigenvalue weighted by atomic mass is 9.44. The first-order chi connectivity index (χ1) is 13.2. The third-order valence-electron chi connectivity index (χ3n) is 7.47. The zero-order valence-corrected chi connectivity index (χ0v) is 17.4. The van der Waals surface area contributed by atoms with Gasteiger partial charge in [-0.15, -0.1) is 0 Å². The van der Waals surface area contributed by atoms with Gasteiger partial charge >= 0.3 is 6.03 Å². The number of barbiturate groups is 1. The molecule has 4 aliphatic rings. The van der Waals surface area contributed by atoms with Crippen molar-refractivity contribution in [2.24, 2.45) is 23.2 Å². The third kappa shape index (κ3) is 3.04. The van der Waals surface area contributed by atoms with Crippen LogP contribution in [0.2, 0.25) is 5.02 Å². The summed E-state index contributed by atoms with van der Waals surface area (Å²) in [6, 6.07) is 6.86. The number of imide groups is 2. The first kappa shape index (κ1) is 19.4. The molecule has 0 N–H and O–H groups in total. The molecule has 2 bridgehead atoms. The summed E-state index contributed by atoms with van der Waals surface area (Å²) < 4.78 is 0. The number of amides is 4. The highest BCUT2D eigenvalue weighted by Gasteiger charge is 2.59. The van der Waals surface area contributed by atoms with E-state index < -0.39 is 11.9 Å². The van der Waals surface area contributed by atoms with Crippen molar-refractivity contribution in [3.63, 3.8) is 0 Å². The monoisotopic (exact) mass is 402 g/mol. The van der Waals surface area contributed by atoms with Gasteiger partial charge in [0.1, 0.15) is 6.42 Å². The Morgan fingerprint density at radius 3 is 2.54 bits per heavy atom. The Bertz CT molecular complexity index is 837. The second-order valence-electron chi connectivity index (χ2n) is 9.17. The second kappa shape index (κ2) is 6.87. The Morgan fingerprint density at radius 1 is 1.14 bits per heavy atom. The topological polar surface area (TPSA) is 57.7 Å². The SMILES string of the molecule is C[C@@H]1[C@@H](N2C(=O)CC(=O)N(CCc3cccc(Cl)c3)C2=O)C[C@H]2C[C@@H]1C2(C)C. The normalized spacial score (nSPS) is 31.8. The van der Waals surface area contributed by atoms with Gasteiger partial charge in [-0.1, -0.05) is 44.5 Å². The molecule has 3 aliphatic carbocycles. The Morgan fingerprint density at radius 2 is 1.89 bits per heavy atom. The van der Waals surface area contributed by atoms with E-state index in [9.17, 15) is 14.4 Å². The average Bonchev–Trinajstić information content (AvgIpc) is 2.62. The van der Waals surface area contributed by atoms with Gasteiger partial charge in [0.25, 0.3) is 0 Å². The summed E-state index contributed by atoms with van der Waals surface area (Å²) in [5, 5.41) is 0.628. The number of urea groups is 1. The van der Waals surface area contributed by atoms with E-state index in [1.165, 1.54) is 16.2 Å². The van der Waals surface area contributed by atoms with Crippen LogP contribution >= 0.6 is 11.6 Å². The van der Waals surface area contributed by atoms with Crippen LogP contribution in [0.15, 0.2) is 24.3 Å². The minimum absolute atomic E-state index is 0.0986. The summed E-state index contributed by atoms with van der Waals surface area (Å²) in [5.41, 5.74) is 1.24. The largest absolute Gasteiger partial charge is 0.333 e. The van der Waals surface area contributed by atoms with Crippen molar-refractivity contribution in [3.8, 4) is 0 Å². The summed E-state index contributed by atoms with van der Waals surface area (Å²) in [6.07, 6.45) is 2.33. The van der Waals surface area contributed by atoms with Crippen LogP contribution in [-0.4, -0.2) is 40.2 Å².